The summed E-state index contributed by atoms with van der Waals surface area (Å²) in [6.07, 6.45) is 2.07. The van der Waals surface area contributed by atoms with Gasteiger partial charge < -0.3 is 5.32 Å². The van der Waals surface area contributed by atoms with E-state index in [-0.39, 0.29) is 0 Å². The fourth-order valence-corrected chi connectivity index (χ4v) is 3.45. The zero-order chi connectivity index (χ0) is 18.3. The van der Waals surface area contributed by atoms with Crippen molar-refractivity contribution in [3.63, 3.8) is 0 Å². The summed E-state index contributed by atoms with van der Waals surface area (Å²) in [5.41, 5.74) is 9.07. The van der Waals surface area contributed by atoms with Crippen LogP contribution in [0.2, 0.25) is 0 Å². The number of imidazole rings is 1. The van der Waals surface area contributed by atoms with Crippen molar-refractivity contribution in [1.29, 1.82) is 0 Å². The first-order valence-corrected chi connectivity index (χ1v) is 8.92. The highest BCUT2D eigenvalue weighted by Gasteiger charge is 2.17. The average molecular weight is 341 g/mol. The van der Waals surface area contributed by atoms with Crippen LogP contribution in [0.5, 0.6) is 0 Å². The van der Waals surface area contributed by atoms with Gasteiger partial charge in [0.05, 0.1) is 0 Å². The Bertz CT molecular complexity index is 1090. The van der Waals surface area contributed by atoms with Crippen LogP contribution in [0.15, 0.2) is 60.8 Å². The quantitative estimate of drug-likeness (QED) is 0.497. The third-order valence-corrected chi connectivity index (χ3v) is 4.86. The third-order valence-electron chi connectivity index (χ3n) is 4.86. The maximum absolute atomic E-state index is 4.98. The van der Waals surface area contributed by atoms with Crippen molar-refractivity contribution >= 4 is 17.2 Å². The Morgan fingerprint density at radius 2 is 1.50 bits per heavy atom. The predicted octanol–water partition coefficient (Wildman–Crippen LogP) is 5.98. The van der Waals surface area contributed by atoms with Gasteiger partial charge in [0.15, 0.2) is 0 Å². The lowest BCUT2D eigenvalue weighted by atomic mass is 10.1. The van der Waals surface area contributed by atoms with Gasteiger partial charge in [0, 0.05) is 17.4 Å². The summed E-state index contributed by atoms with van der Waals surface area (Å²) in [6.45, 7) is 8.49. The number of hydrogen-bond donors (Lipinski definition) is 1. The summed E-state index contributed by atoms with van der Waals surface area (Å²) < 4.78 is 2.15. The number of aryl methyl sites for hydroxylation is 4. The first-order chi connectivity index (χ1) is 12.5. The van der Waals surface area contributed by atoms with Crippen LogP contribution in [0.4, 0.5) is 11.5 Å². The summed E-state index contributed by atoms with van der Waals surface area (Å²) >= 11 is 0. The van der Waals surface area contributed by atoms with Gasteiger partial charge in [0.25, 0.3) is 0 Å². The molecule has 2 heterocycles. The van der Waals surface area contributed by atoms with Gasteiger partial charge >= 0.3 is 0 Å². The van der Waals surface area contributed by atoms with Gasteiger partial charge in [-0.3, -0.25) is 4.40 Å². The van der Waals surface area contributed by atoms with Gasteiger partial charge in [0.1, 0.15) is 17.2 Å². The molecule has 0 aliphatic carbocycles. The first kappa shape index (κ1) is 16.4. The van der Waals surface area contributed by atoms with Crippen LogP contribution in [0.1, 0.15) is 22.3 Å². The molecule has 0 aliphatic rings. The highest BCUT2D eigenvalue weighted by atomic mass is 15.1. The molecule has 0 unspecified atom stereocenters. The van der Waals surface area contributed by atoms with E-state index in [0.717, 1.165) is 34.0 Å². The van der Waals surface area contributed by atoms with Gasteiger partial charge in [-0.05, 0) is 56.5 Å². The largest absolute Gasteiger partial charge is 0.339 e. The van der Waals surface area contributed by atoms with E-state index in [1.54, 1.807) is 0 Å². The number of hydrogen-bond acceptors (Lipinski definition) is 2. The maximum atomic E-state index is 4.98. The molecule has 1 N–H and O–H groups in total. The van der Waals surface area contributed by atoms with E-state index in [1.165, 1.54) is 16.7 Å². The molecule has 0 saturated heterocycles. The number of nitrogens with one attached hydrogen (secondary N) is 1. The van der Waals surface area contributed by atoms with Crippen LogP contribution < -0.4 is 5.32 Å². The van der Waals surface area contributed by atoms with Crippen molar-refractivity contribution in [3.8, 4) is 11.3 Å². The Hall–Kier alpha value is -3.07. The van der Waals surface area contributed by atoms with Crippen LogP contribution in [0, 0.1) is 27.7 Å². The van der Waals surface area contributed by atoms with Crippen molar-refractivity contribution < 1.29 is 0 Å². The Kier molecular flexibility index (Phi) is 4.00. The van der Waals surface area contributed by atoms with Gasteiger partial charge in [-0.15, -0.1) is 0 Å². The SMILES string of the molecule is Cc1cccc(-c2nc3c(C)cccn3c2Nc2c(C)cccc2C)c1. The lowest BCUT2D eigenvalue weighted by Gasteiger charge is -2.14. The molecule has 2 aromatic carbocycles. The summed E-state index contributed by atoms with van der Waals surface area (Å²) in [4.78, 5) is 4.98. The molecule has 0 atom stereocenters. The molecule has 0 fully saturated rings. The third kappa shape index (κ3) is 2.76. The molecule has 0 amide bonds. The molecule has 0 aliphatic heterocycles. The smallest absolute Gasteiger partial charge is 0.143 e. The van der Waals surface area contributed by atoms with Gasteiger partial charge in [-0.1, -0.05) is 48.0 Å². The van der Waals surface area contributed by atoms with E-state index < -0.39 is 0 Å². The van der Waals surface area contributed by atoms with E-state index in [1.807, 2.05) is 0 Å². The Balaban J connectivity index is 1.97. The van der Waals surface area contributed by atoms with Crippen LogP contribution >= 0.6 is 0 Å². The predicted molar refractivity (Wildman–Crippen MR) is 109 cm³/mol. The number of para-hydroxylation sites is 1. The number of benzene rings is 2. The first-order valence-electron chi connectivity index (χ1n) is 8.92. The topological polar surface area (TPSA) is 29.3 Å². The number of pyridine rings is 1. The minimum atomic E-state index is 0.977. The van der Waals surface area contributed by atoms with Crippen molar-refractivity contribution in [2.45, 2.75) is 27.7 Å². The summed E-state index contributed by atoms with van der Waals surface area (Å²) in [5, 5.41) is 3.68. The standard InChI is InChI=1S/C23H23N3/c1-15-8-5-12-19(14-15)21-23(24-20-16(2)9-6-10-17(20)3)26-13-7-11-18(4)22(26)25-21/h5-14,24H,1-4H3. The van der Waals surface area contributed by atoms with Gasteiger partial charge in [-0.25, -0.2) is 4.98 Å². The van der Waals surface area contributed by atoms with E-state index in [2.05, 4.69) is 98.2 Å². The van der Waals surface area contributed by atoms with Crippen molar-refractivity contribution in [3.05, 3.63) is 83.0 Å². The normalized spacial score (nSPS) is 11.1. The van der Waals surface area contributed by atoms with E-state index in [9.17, 15) is 0 Å². The number of rotatable bonds is 3. The summed E-state index contributed by atoms with van der Waals surface area (Å²) in [7, 11) is 0. The minimum Gasteiger partial charge on any atom is -0.339 e. The molecule has 0 saturated carbocycles. The molecule has 26 heavy (non-hydrogen) atoms. The number of nitrogens with zero attached hydrogens (tertiary/aromatic N) is 2. The average Bonchev–Trinajstić information content (AvgIpc) is 2.98. The van der Waals surface area contributed by atoms with E-state index in [4.69, 9.17) is 4.98 Å². The van der Waals surface area contributed by atoms with Gasteiger partial charge in [-0.2, -0.15) is 0 Å². The molecule has 130 valence electrons. The van der Waals surface area contributed by atoms with Crippen LogP contribution in [0.3, 0.4) is 0 Å². The Morgan fingerprint density at radius 1 is 0.808 bits per heavy atom. The molecule has 3 heteroatoms. The molecule has 0 bridgehead atoms. The molecule has 4 aromatic rings. The van der Waals surface area contributed by atoms with E-state index >= 15 is 0 Å². The molecule has 2 aromatic heterocycles. The molecular formula is C23H23N3. The number of fused-ring (bicyclic) bond motifs is 1. The molecule has 3 nitrogen and oxygen atoms in total. The highest BCUT2D eigenvalue weighted by Crippen LogP contribution is 2.34. The second kappa shape index (κ2) is 6.34. The lowest BCUT2D eigenvalue weighted by Crippen LogP contribution is -2.01. The molecular weight excluding hydrogens is 318 g/mol. The van der Waals surface area contributed by atoms with Crippen molar-refractivity contribution in [2.75, 3.05) is 5.32 Å². The molecule has 4 rings (SSSR count). The monoisotopic (exact) mass is 341 g/mol. The second-order valence-electron chi connectivity index (χ2n) is 6.96. The van der Waals surface area contributed by atoms with E-state index in [0.29, 0.717) is 0 Å². The molecule has 0 radical (unpaired) electrons. The van der Waals surface area contributed by atoms with Crippen LogP contribution in [0.25, 0.3) is 16.9 Å². The Labute approximate surface area is 154 Å². The maximum Gasteiger partial charge on any atom is 0.143 e. The van der Waals surface area contributed by atoms with Crippen molar-refractivity contribution in [1.82, 2.24) is 9.38 Å². The zero-order valence-electron chi connectivity index (χ0n) is 15.7. The van der Waals surface area contributed by atoms with Gasteiger partial charge in [0.2, 0.25) is 0 Å². The summed E-state index contributed by atoms with van der Waals surface area (Å²) in [5.74, 6) is 1.01. The zero-order valence-corrected chi connectivity index (χ0v) is 15.7. The number of aromatic nitrogens is 2. The van der Waals surface area contributed by atoms with Crippen LogP contribution in [-0.4, -0.2) is 9.38 Å². The second-order valence-corrected chi connectivity index (χ2v) is 6.96. The summed E-state index contributed by atoms with van der Waals surface area (Å²) in [6, 6.07) is 19.0. The van der Waals surface area contributed by atoms with Crippen molar-refractivity contribution in [2.24, 2.45) is 0 Å². The Morgan fingerprint density at radius 3 is 2.23 bits per heavy atom. The lowest BCUT2D eigenvalue weighted by molar-refractivity contribution is 1.16. The fraction of sp³-hybridized carbons (Fsp3) is 0.174. The molecule has 0 spiro atoms. The van der Waals surface area contributed by atoms with Crippen LogP contribution in [-0.2, 0) is 0 Å². The number of anilines is 2. The fourth-order valence-electron chi connectivity index (χ4n) is 3.45. The highest BCUT2D eigenvalue weighted by molar-refractivity contribution is 5.81. The minimum absolute atomic E-state index is 0.977.